The van der Waals surface area contributed by atoms with E-state index in [0.717, 1.165) is 6.07 Å². The summed E-state index contributed by atoms with van der Waals surface area (Å²) in [6, 6.07) is 3.63. The summed E-state index contributed by atoms with van der Waals surface area (Å²) in [6.45, 7) is 0. The van der Waals surface area contributed by atoms with Crippen LogP contribution in [0.3, 0.4) is 0 Å². The van der Waals surface area contributed by atoms with Crippen molar-refractivity contribution in [1.29, 1.82) is 0 Å². The van der Waals surface area contributed by atoms with Crippen LogP contribution in [0, 0.1) is 10.1 Å². The van der Waals surface area contributed by atoms with Crippen LogP contribution in [0.1, 0.15) is 5.69 Å². The number of primary amides is 1. The first-order chi connectivity index (χ1) is 9.20. The maximum Gasteiger partial charge on any atom is 0.270 e. The van der Waals surface area contributed by atoms with Crippen LogP contribution in [-0.2, 0) is 21.2 Å². The van der Waals surface area contributed by atoms with Gasteiger partial charge < -0.3 is 10.7 Å². The van der Waals surface area contributed by atoms with Crippen LogP contribution in [0.5, 0.6) is 0 Å². The first kappa shape index (κ1) is 14.0. The number of benzene rings is 1. The number of primary sulfonamides is 1. The van der Waals surface area contributed by atoms with Gasteiger partial charge >= 0.3 is 0 Å². The van der Waals surface area contributed by atoms with Crippen molar-refractivity contribution in [3.05, 3.63) is 34.0 Å². The number of H-pyrrole nitrogens is 1. The summed E-state index contributed by atoms with van der Waals surface area (Å²) < 4.78 is 23.3. The smallest absolute Gasteiger partial charge is 0.270 e. The van der Waals surface area contributed by atoms with Gasteiger partial charge in [0.05, 0.1) is 11.3 Å². The van der Waals surface area contributed by atoms with Gasteiger partial charge in [0.15, 0.2) is 0 Å². The molecule has 0 aliphatic heterocycles. The monoisotopic (exact) mass is 298 g/mol. The molecule has 0 saturated heterocycles. The van der Waals surface area contributed by atoms with Crippen molar-refractivity contribution >= 4 is 32.5 Å². The summed E-state index contributed by atoms with van der Waals surface area (Å²) in [5.41, 5.74) is 5.07. The number of rotatable bonds is 4. The number of nitrogens with one attached hydrogen (secondary N) is 1. The highest BCUT2D eigenvalue weighted by atomic mass is 32.2. The third-order valence-electron chi connectivity index (χ3n) is 2.65. The molecule has 0 radical (unpaired) electrons. The molecule has 0 spiro atoms. The molecule has 0 fully saturated rings. The molecule has 1 aromatic heterocycles. The van der Waals surface area contributed by atoms with Gasteiger partial charge in [-0.15, -0.1) is 0 Å². The summed E-state index contributed by atoms with van der Waals surface area (Å²) in [5.74, 6) is -0.754. The zero-order valence-corrected chi connectivity index (χ0v) is 10.8. The molecule has 1 heterocycles. The predicted octanol–water partition coefficient (Wildman–Crippen LogP) is -0.249. The Morgan fingerprint density at radius 1 is 1.40 bits per heavy atom. The fraction of sp³-hybridized carbons (Fsp3) is 0.100. The number of nitrogens with zero attached hydrogens (tertiary/aromatic N) is 1. The Morgan fingerprint density at radius 2 is 2.05 bits per heavy atom. The molecule has 20 heavy (non-hydrogen) atoms. The number of hydrogen-bond acceptors (Lipinski definition) is 5. The average Bonchev–Trinajstić information content (AvgIpc) is 2.63. The van der Waals surface area contributed by atoms with Crippen molar-refractivity contribution in [2.75, 3.05) is 0 Å². The van der Waals surface area contributed by atoms with Crippen molar-refractivity contribution in [1.82, 2.24) is 4.98 Å². The number of sulfonamides is 1. The normalized spacial score (nSPS) is 11.7. The van der Waals surface area contributed by atoms with Crippen LogP contribution in [0.15, 0.2) is 23.1 Å². The zero-order valence-electron chi connectivity index (χ0n) is 9.99. The Bertz CT molecular complexity index is 824. The van der Waals surface area contributed by atoms with Gasteiger partial charge in [-0.05, 0) is 6.07 Å². The highest BCUT2D eigenvalue weighted by molar-refractivity contribution is 7.89. The van der Waals surface area contributed by atoms with Gasteiger partial charge in [0.2, 0.25) is 15.9 Å². The Labute approximate surface area is 112 Å². The van der Waals surface area contributed by atoms with Crippen LogP contribution in [0.4, 0.5) is 5.69 Å². The molecule has 0 saturated carbocycles. The lowest BCUT2D eigenvalue weighted by Gasteiger charge is -2.00. The summed E-state index contributed by atoms with van der Waals surface area (Å²) in [4.78, 5) is 23.4. The quantitative estimate of drug-likeness (QED) is 0.522. The van der Waals surface area contributed by atoms with E-state index in [2.05, 4.69) is 4.98 Å². The highest BCUT2D eigenvalue weighted by Crippen LogP contribution is 2.29. The van der Waals surface area contributed by atoms with Crippen molar-refractivity contribution in [2.24, 2.45) is 10.9 Å². The number of non-ortho nitro benzene ring substituents is 1. The summed E-state index contributed by atoms with van der Waals surface area (Å²) in [7, 11) is -4.17. The lowest BCUT2D eigenvalue weighted by atomic mass is 10.2. The molecule has 0 atom stereocenters. The van der Waals surface area contributed by atoms with E-state index in [4.69, 9.17) is 10.9 Å². The van der Waals surface area contributed by atoms with Crippen LogP contribution in [-0.4, -0.2) is 24.2 Å². The second-order valence-corrected chi connectivity index (χ2v) is 5.61. The molecule has 1 amide bonds. The number of aromatic amines is 1. The van der Waals surface area contributed by atoms with Gasteiger partial charge in [-0.3, -0.25) is 14.9 Å². The summed E-state index contributed by atoms with van der Waals surface area (Å²) in [5, 5.41) is 15.9. The topological polar surface area (TPSA) is 162 Å². The molecule has 0 unspecified atom stereocenters. The minimum Gasteiger partial charge on any atom is -0.369 e. The number of aromatic nitrogens is 1. The van der Waals surface area contributed by atoms with E-state index in [1.165, 1.54) is 12.1 Å². The zero-order chi connectivity index (χ0) is 15.1. The largest absolute Gasteiger partial charge is 0.369 e. The van der Waals surface area contributed by atoms with Crippen LogP contribution < -0.4 is 10.9 Å². The Morgan fingerprint density at radius 3 is 2.55 bits per heavy atom. The van der Waals surface area contributed by atoms with E-state index < -0.39 is 20.9 Å². The third-order valence-corrected chi connectivity index (χ3v) is 3.69. The van der Waals surface area contributed by atoms with Crippen molar-refractivity contribution < 1.29 is 18.1 Å². The molecule has 5 N–H and O–H groups in total. The molecule has 1 aromatic carbocycles. The van der Waals surface area contributed by atoms with Gasteiger partial charge in [0.1, 0.15) is 4.90 Å². The molecule has 106 valence electrons. The number of nitro benzene ring substituents is 1. The fourth-order valence-electron chi connectivity index (χ4n) is 1.95. The van der Waals surface area contributed by atoms with E-state index in [0.29, 0.717) is 5.52 Å². The molecule has 0 aliphatic rings. The Balaban J connectivity index is 2.82. The van der Waals surface area contributed by atoms with Crippen molar-refractivity contribution in [3.63, 3.8) is 0 Å². The van der Waals surface area contributed by atoms with E-state index in [1.807, 2.05) is 0 Å². The van der Waals surface area contributed by atoms with Gasteiger partial charge in [0.25, 0.3) is 5.69 Å². The van der Waals surface area contributed by atoms with E-state index in [1.54, 1.807) is 0 Å². The Kier molecular flexibility index (Phi) is 3.19. The number of carbonyl (C=O) groups is 1. The lowest BCUT2D eigenvalue weighted by Crippen LogP contribution is -2.18. The number of nitro groups is 1. The van der Waals surface area contributed by atoms with Crippen LogP contribution in [0.25, 0.3) is 10.9 Å². The van der Waals surface area contributed by atoms with E-state index >= 15 is 0 Å². The second kappa shape index (κ2) is 4.58. The van der Waals surface area contributed by atoms with E-state index in [9.17, 15) is 23.3 Å². The second-order valence-electron chi connectivity index (χ2n) is 4.11. The molecule has 2 aromatic rings. The van der Waals surface area contributed by atoms with E-state index in [-0.39, 0.29) is 28.1 Å². The molecule has 0 bridgehead atoms. The number of amides is 1. The average molecular weight is 298 g/mol. The summed E-state index contributed by atoms with van der Waals surface area (Å²) in [6.07, 6.45) is -0.367. The number of nitrogens with two attached hydrogens (primary N) is 2. The van der Waals surface area contributed by atoms with Crippen molar-refractivity contribution in [2.45, 2.75) is 11.3 Å². The minimum absolute atomic E-state index is 0.00972. The molecule has 9 nitrogen and oxygen atoms in total. The lowest BCUT2D eigenvalue weighted by molar-refractivity contribution is -0.384. The maximum atomic E-state index is 11.6. The summed E-state index contributed by atoms with van der Waals surface area (Å²) >= 11 is 0. The van der Waals surface area contributed by atoms with Gasteiger partial charge in [-0.1, -0.05) is 0 Å². The Hall–Kier alpha value is -2.46. The van der Waals surface area contributed by atoms with Crippen molar-refractivity contribution in [3.8, 4) is 0 Å². The molecule has 10 heteroatoms. The highest BCUT2D eigenvalue weighted by Gasteiger charge is 2.23. The maximum absolute atomic E-state index is 11.6. The number of carbonyl (C=O) groups excluding carboxylic acids is 1. The van der Waals surface area contributed by atoms with Crippen LogP contribution >= 0.6 is 0 Å². The first-order valence-electron chi connectivity index (χ1n) is 5.30. The molecular formula is C10H10N4O5S. The molecule has 2 rings (SSSR count). The van der Waals surface area contributed by atoms with Gasteiger partial charge in [0, 0.05) is 28.7 Å². The minimum atomic E-state index is -4.17. The number of hydrogen-bond donors (Lipinski definition) is 3. The third kappa shape index (κ3) is 2.46. The molecule has 0 aliphatic carbocycles. The standard InChI is InChI=1S/C10H10N4O5S/c11-9(15)4-8-10(20(12,18)19)6-3-5(14(16)17)1-2-7(6)13-8/h1-3,13H,4H2,(H2,11,15)(H2,12,18,19). The van der Waals surface area contributed by atoms with Crippen LogP contribution in [0.2, 0.25) is 0 Å². The predicted molar refractivity (Wildman–Crippen MR) is 69.2 cm³/mol. The van der Waals surface area contributed by atoms with Gasteiger partial charge in [-0.2, -0.15) is 0 Å². The van der Waals surface area contributed by atoms with Gasteiger partial charge in [-0.25, -0.2) is 13.6 Å². The fourth-order valence-corrected chi connectivity index (χ4v) is 2.89. The SMILES string of the molecule is NC(=O)Cc1[nH]c2ccc([N+](=O)[O-])cc2c1S(N)(=O)=O. The number of fused-ring (bicyclic) bond motifs is 1. The molecular weight excluding hydrogens is 288 g/mol. The first-order valence-corrected chi connectivity index (χ1v) is 6.85.